The van der Waals surface area contributed by atoms with Crippen molar-refractivity contribution in [1.82, 2.24) is 0 Å². The maximum absolute atomic E-state index is 12.2. The third-order valence-corrected chi connectivity index (χ3v) is 20.1. The first kappa shape index (κ1) is 48.3. The summed E-state index contributed by atoms with van der Waals surface area (Å²) in [5, 5.41) is 24.6. The molecule has 0 radical (unpaired) electrons. The van der Waals surface area contributed by atoms with E-state index in [0.717, 1.165) is 58.6 Å². The molecule has 8 nitrogen and oxygen atoms in total. The van der Waals surface area contributed by atoms with Crippen LogP contribution >= 0.6 is 141 Å². The Morgan fingerprint density at radius 3 is 1.84 bits per heavy atom. The first-order valence-electron chi connectivity index (χ1n) is 13.6. The molecule has 2 N–H and O–H groups in total. The van der Waals surface area contributed by atoms with Crippen molar-refractivity contribution >= 4 is 163 Å². The highest BCUT2D eigenvalue weighted by molar-refractivity contribution is 8.30. The van der Waals surface area contributed by atoms with Gasteiger partial charge in [-0.05, 0) is 0 Å². The molecule has 0 saturated carbocycles. The lowest BCUT2D eigenvalue weighted by atomic mass is 10.5. The number of thioether (sulfide) groups is 12. The van der Waals surface area contributed by atoms with Crippen LogP contribution in [0.15, 0.2) is 0 Å². The molecule has 0 saturated heterocycles. The summed E-state index contributed by atoms with van der Waals surface area (Å²) in [7, 11) is -0.802. The Kier molecular flexibility index (Phi) is 44.8. The Morgan fingerprint density at radius 2 is 1.13 bits per heavy atom. The smallest absolute Gasteiger partial charge is 0.307 e. The van der Waals surface area contributed by atoms with Gasteiger partial charge < -0.3 is 14.9 Å². The van der Waals surface area contributed by atoms with E-state index in [0.29, 0.717) is 53.7 Å². The largest absolute Gasteiger partial charge is 0.455 e. The number of aliphatic hydroxyl groups is 2. The lowest BCUT2D eigenvalue weighted by Crippen LogP contribution is -2.05. The summed E-state index contributed by atoms with van der Waals surface area (Å²) in [6.45, 7) is 1.42. The molecule has 0 aliphatic rings. The summed E-state index contributed by atoms with van der Waals surface area (Å²) in [5.74, 6) is 6.08. The van der Waals surface area contributed by atoms with Gasteiger partial charge in [0.25, 0.3) is 0 Å². The lowest BCUT2D eigenvalue weighted by Gasteiger charge is -2.05. The maximum atomic E-state index is 12.2. The minimum Gasteiger partial charge on any atom is -0.455 e. The van der Waals surface area contributed by atoms with Crippen LogP contribution in [0.4, 0.5) is 0 Å². The summed E-state index contributed by atoms with van der Waals surface area (Å²) in [6, 6.07) is 0. The fourth-order valence-corrected chi connectivity index (χ4v) is 16.6. The van der Waals surface area contributed by atoms with Crippen molar-refractivity contribution in [3.63, 3.8) is 0 Å². The number of carbonyl (C=O) groups excluding carboxylic acids is 2. The third kappa shape index (κ3) is 41.6. The molecule has 0 rings (SSSR count). The Balaban J connectivity index is 3.29. The first-order chi connectivity index (χ1) is 22.1. The fourth-order valence-electron chi connectivity index (χ4n) is 2.23. The minimum absolute atomic E-state index is 0.134. The zero-order valence-electron chi connectivity index (χ0n) is 25.2. The summed E-state index contributed by atoms with van der Waals surface area (Å²) in [6.07, 6.45) is 0.382. The van der Waals surface area contributed by atoms with Crippen molar-refractivity contribution in [3.8, 4) is 0 Å². The molecule has 0 aromatic carbocycles. The van der Waals surface area contributed by atoms with Crippen LogP contribution in [0.1, 0.15) is 6.42 Å². The van der Waals surface area contributed by atoms with E-state index in [1.54, 1.807) is 106 Å². The number of hydrogen-bond donors (Lipinski definition) is 2. The third-order valence-electron chi connectivity index (χ3n) is 4.12. The van der Waals surface area contributed by atoms with Crippen molar-refractivity contribution in [2.24, 2.45) is 0 Å². The van der Waals surface area contributed by atoms with E-state index in [-0.39, 0.29) is 24.3 Å². The number of carbonyl (C=O) groups is 2. The maximum Gasteiger partial charge on any atom is 0.307 e. The Bertz CT molecular complexity index is 689. The highest BCUT2D eigenvalue weighted by Gasteiger charge is 2.05. The molecule has 1 unspecified atom stereocenters. The SMILES string of the molecule is O=C(CCSCCO)OCSCSCSCCS(=O)CSCSCSCSC(=O)CSCSCSCCOOCCSCCO. The van der Waals surface area contributed by atoms with Gasteiger partial charge in [0.15, 0.2) is 5.12 Å². The summed E-state index contributed by atoms with van der Waals surface area (Å²) in [4.78, 5) is 33.7. The van der Waals surface area contributed by atoms with Gasteiger partial charge in [0.05, 0.1) is 43.7 Å². The molecule has 268 valence electrons. The fraction of sp³-hybridized carbons (Fsp3) is 0.917. The number of ether oxygens (including phenoxy) is 1. The molecule has 45 heavy (non-hydrogen) atoms. The van der Waals surface area contributed by atoms with Crippen molar-refractivity contribution in [3.05, 3.63) is 0 Å². The monoisotopic (exact) mass is 878 g/mol. The van der Waals surface area contributed by atoms with Crippen molar-refractivity contribution in [2.45, 2.75) is 6.42 Å². The van der Waals surface area contributed by atoms with Gasteiger partial charge in [-0.1, -0.05) is 11.8 Å². The van der Waals surface area contributed by atoms with Crippen LogP contribution in [0, 0.1) is 0 Å². The van der Waals surface area contributed by atoms with Crippen LogP contribution in [0.5, 0.6) is 0 Å². The van der Waals surface area contributed by atoms with Gasteiger partial charge >= 0.3 is 5.97 Å². The normalized spacial score (nSPS) is 12.0. The van der Waals surface area contributed by atoms with Gasteiger partial charge in [0.1, 0.15) is 5.94 Å². The van der Waals surface area contributed by atoms with Crippen LogP contribution in [0.3, 0.4) is 0 Å². The molecule has 0 heterocycles. The van der Waals surface area contributed by atoms with Gasteiger partial charge in [-0.3, -0.25) is 13.8 Å². The van der Waals surface area contributed by atoms with E-state index >= 15 is 0 Å². The van der Waals surface area contributed by atoms with Crippen LogP contribution in [0.25, 0.3) is 0 Å². The van der Waals surface area contributed by atoms with E-state index in [2.05, 4.69) is 0 Å². The van der Waals surface area contributed by atoms with Gasteiger partial charge in [0.2, 0.25) is 0 Å². The van der Waals surface area contributed by atoms with E-state index in [1.165, 1.54) is 11.8 Å². The molecule has 0 aliphatic carbocycles. The van der Waals surface area contributed by atoms with Gasteiger partial charge in [-0.2, -0.15) is 35.3 Å². The van der Waals surface area contributed by atoms with E-state index < -0.39 is 10.8 Å². The van der Waals surface area contributed by atoms with Crippen LogP contribution in [0.2, 0.25) is 0 Å². The molecule has 0 spiro atoms. The van der Waals surface area contributed by atoms with Crippen molar-refractivity contribution < 1.29 is 38.5 Å². The van der Waals surface area contributed by atoms with Crippen LogP contribution < -0.4 is 0 Å². The zero-order valence-corrected chi connectivity index (χ0v) is 35.8. The highest BCUT2D eigenvalue weighted by Crippen LogP contribution is 2.24. The van der Waals surface area contributed by atoms with Crippen LogP contribution in [-0.4, -0.2) is 145 Å². The van der Waals surface area contributed by atoms with Crippen molar-refractivity contribution in [1.29, 1.82) is 0 Å². The molecular formula is C24H46O8S13. The predicted molar refractivity (Wildman–Crippen MR) is 224 cm³/mol. The second kappa shape index (κ2) is 41.7. The predicted octanol–water partition coefficient (Wildman–Crippen LogP) is 6.54. The number of esters is 1. The first-order valence-corrected chi connectivity index (χ1v) is 28.7. The number of aliphatic hydroxyl groups excluding tert-OH is 2. The molecule has 0 bridgehead atoms. The topological polar surface area (TPSA) is 119 Å². The Hall–Kier alpha value is 3.33. The Morgan fingerprint density at radius 1 is 0.578 bits per heavy atom. The summed E-state index contributed by atoms with van der Waals surface area (Å²) >= 11 is 20.3. The molecule has 0 aromatic rings. The number of hydrogen-bond acceptors (Lipinski definition) is 20. The molecule has 1 atom stereocenters. The summed E-state index contributed by atoms with van der Waals surface area (Å²) in [5.41, 5.74) is 0. The quantitative estimate of drug-likeness (QED) is 0.0231. The zero-order chi connectivity index (χ0) is 32.9. The lowest BCUT2D eigenvalue weighted by molar-refractivity contribution is -0.285. The molecule has 0 fully saturated rings. The van der Waals surface area contributed by atoms with Gasteiger partial charge in [0, 0.05) is 86.7 Å². The van der Waals surface area contributed by atoms with Gasteiger partial charge in [-0.25, -0.2) is 9.78 Å². The second-order valence-electron chi connectivity index (χ2n) is 7.69. The molecule has 0 aromatic heterocycles. The number of rotatable bonds is 37. The molecule has 21 heteroatoms. The van der Waals surface area contributed by atoms with E-state index in [9.17, 15) is 13.8 Å². The standard InChI is InChI=1S/C24H46O8S13/c25-2-7-33-6-1-23(27)30-14-38-18-40-16-36-11-12-45(29)22-43-20-41-19-42-21-44-24(28)13-37-17-39-15-35-10-5-32-31-4-9-34-8-3-26/h25-26H,1-22H2. The molecule has 0 aliphatic heterocycles. The average Bonchev–Trinajstić information content (AvgIpc) is 3.03. The molecular weight excluding hydrogens is 833 g/mol. The minimum atomic E-state index is -0.802. The summed E-state index contributed by atoms with van der Waals surface area (Å²) < 4.78 is 17.3. The van der Waals surface area contributed by atoms with Crippen LogP contribution in [-0.2, 0) is 34.9 Å². The highest BCUT2D eigenvalue weighted by atomic mass is 32.3. The van der Waals surface area contributed by atoms with E-state index in [4.69, 9.17) is 24.7 Å². The molecule has 0 amide bonds. The Labute approximate surface area is 323 Å². The van der Waals surface area contributed by atoms with Crippen molar-refractivity contribution in [2.75, 3.05) is 119 Å². The van der Waals surface area contributed by atoms with E-state index in [1.807, 2.05) is 23.5 Å². The van der Waals surface area contributed by atoms with Gasteiger partial charge in [-0.15, -0.1) is 94.1 Å². The average molecular weight is 879 g/mol. The second-order valence-corrected chi connectivity index (χ2v) is 24.7.